The summed E-state index contributed by atoms with van der Waals surface area (Å²) in [6.07, 6.45) is 0.656. The highest BCUT2D eigenvalue weighted by Gasteiger charge is 2.26. The summed E-state index contributed by atoms with van der Waals surface area (Å²) in [6.45, 7) is 3.36. The van der Waals surface area contributed by atoms with Gasteiger partial charge in [-0.3, -0.25) is 4.90 Å². The highest BCUT2D eigenvalue weighted by atomic mass is 35.5. The minimum atomic E-state index is 0. The van der Waals surface area contributed by atoms with Crippen molar-refractivity contribution < 1.29 is 4.52 Å². The van der Waals surface area contributed by atoms with Crippen LogP contribution in [0.25, 0.3) is 0 Å². The van der Waals surface area contributed by atoms with Gasteiger partial charge in [0.15, 0.2) is 5.82 Å². The molecule has 4 rings (SSSR count). The molecule has 1 N–H and O–H groups in total. The average molecular weight is 405 g/mol. The Kier molecular flexibility index (Phi) is 6.85. The number of hydrogen-bond acceptors (Lipinski definition) is 5. The zero-order chi connectivity index (χ0) is 17.8. The van der Waals surface area contributed by atoms with Gasteiger partial charge < -0.3 is 9.84 Å². The van der Waals surface area contributed by atoms with Gasteiger partial charge in [-0.25, -0.2) is 0 Å². The third-order valence-electron chi connectivity index (χ3n) is 4.67. The molecule has 0 amide bonds. The number of halogens is 2. The van der Waals surface area contributed by atoms with Gasteiger partial charge in [-0.15, -0.1) is 12.4 Å². The molecule has 1 saturated heterocycles. The summed E-state index contributed by atoms with van der Waals surface area (Å²) >= 11 is 6.42. The van der Waals surface area contributed by atoms with Crippen LogP contribution in [0.15, 0.2) is 59.1 Å². The third kappa shape index (κ3) is 4.87. The van der Waals surface area contributed by atoms with Crippen LogP contribution in [0.5, 0.6) is 0 Å². The van der Waals surface area contributed by atoms with Crippen molar-refractivity contribution >= 4 is 24.0 Å². The van der Waals surface area contributed by atoms with E-state index in [1.807, 2.05) is 36.4 Å². The van der Waals surface area contributed by atoms with Crippen LogP contribution < -0.4 is 5.32 Å². The van der Waals surface area contributed by atoms with E-state index in [9.17, 15) is 0 Å². The van der Waals surface area contributed by atoms with E-state index in [1.54, 1.807) is 0 Å². The molecule has 5 nitrogen and oxygen atoms in total. The molecule has 0 radical (unpaired) electrons. The zero-order valence-electron chi connectivity index (χ0n) is 14.8. The second-order valence-electron chi connectivity index (χ2n) is 6.48. The normalized spacial score (nSPS) is 17.4. The predicted molar refractivity (Wildman–Crippen MR) is 108 cm³/mol. The lowest BCUT2D eigenvalue weighted by Gasteiger charge is -2.36. The third-order valence-corrected chi connectivity index (χ3v) is 5.02. The quantitative estimate of drug-likeness (QED) is 0.698. The van der Waals surface area contributed by atoms with Crippen molar-refractivity contribution in [2.75, 3.05) is 19.6 Å². The lowest BCUT2D eigenvalue weighted by atomic mass is 10.0. The fraction of sp³-hybridized carbons (Fsp3) is 0.300. The molecule has 1 aliphatic heterocycles. The molecule has 1 aromatic heterocycles. The topological polar surface area (TPSA) is 54.2 Å². The Morgan fingerprint density at radius 3 is 2.70 bits per heavy atom. The van der Waals surface area contributed by atoms with Crippen LogP contribution in [-0.4, -0.2) is 34.7 Å². The molecule has 1 fully saturated rings. The number of nitrogens with zero attached hydrogens (tertiary/aromatic N) is 3. The van der Waals surface area contributed by atoms with Crippen molar-refractivity contribution in [3.8, 4) is 0 Å². The Bertz CT molecular complexity index is 856. The fourth-order valence-corrected chi connectivity index (χ4v) is 3.63. The Labute approximate surface area is 170 Å². The molecule has 142 valence electrons. The molecule has 1 atom stereocenters. The monoisotopic (exact) mass is 404 g/mol. The van der Waals surface area contributed by atoms with Crippen LogP contribution in [0, 0.1) is 0 Å². The second kappa shape index (κ2) is 9.33. The first-order valence-corrected chi connectivity index (χ1v) is 9.22. The Morgan fingerprint density at radius 1 is 1.11 bits per heavy atom. The maximum atomic E-state index is 6.42. The van der Waals surface area contributed by atoms with E-state index in [1.165, 1.54) is 5.56 Å². The number of piperazine rings is 1. The molecule has 0 spiro atoms. The Morgan fingerprint density at radius 2 is 1.89 bits per heavy atom. The first-order valence-electron chi connectivity index (χ1n) is 8.84. The molecule has 2 heterocycles. The average Bonchev–Trinajstić information content (AvgIpc) is 3.10. The standard InChI is InChI=1S/C20H21ClN4O.ClH/c21-17-9-5-4-8-16(17)18-13-22-10-11-25(18)14-19-23-20(26-24-19)12-15-6-2-1-3-7-15;/h1-9,18,22H,10-14H2;1H. The highest BCUT2D eigenvalue weighted by Crippen LogP contribution is 2.29. The first kappa shape index (κ1) is 19.8. The van der Waals surface area contributed by atoms with Gasteiger partial charge in [-0.2, -0.15) is 4.98 Å². The van der Waals surface area contributed by atoms with Crippen LogP contribution >= 0.6 is 24.0 Å². The van der Waals surface area contributed by atoms with Gasteiger partial charge in [0.05, 0.1) is 13.0 Å². The minimum absolute atomic E-state index is 0. The Hall–Kier alpha value is -1.92. The molecule has 0 saturated carbocycles. The van der Waals surface area contributed by atoms with Crippen molar-refractivity contribution in [2.45, 2.75) is 19.0 Å². The highest BCUT2D eigenvalue weighted by molar-refractivity contribution is 6.31. The van der Waals surface area contributed by atoms with Gasteiger partial charge in [0.25, 0.3) is 0 Å². The Balaban J connectivity index is 0.00000210. The van der Waals surface area contributed by atoms with E-state index in [0.717, 1.165) is 36.0 Å². The largest absolute Gasteiger partial charge is 0.339 e. The van der Waals surface area contributed by atoms with E-state index < -0.39 is 0 Å². The molecule has 1 aliphatic rings. The van der Waals surface area contributed by atoms with Gasteiger partial charge in [-0.05, 0) is 17.2 Å². The molecule has 7 heteroatoms. The summed E-state index contributed by atoms with van der Waals surface area (Å²) in [7, 11) is 0. The van der Waals surface area contributed by atoms with Crippen molar-refractivity contribution in [2.24, 2.45) is 0 Å². The van der Waals surface area contributed by atoms with Gasteiger partial charge in [0.2, 0.25) is 5.89 Å². The van der Waals surface area contributed by atoms with E-state index in [2.05, 4.69) is 38.6 Å². The van der Waals surface area contributed by atoms with Gasteiger partial charge in [0.1, 0.15) is 0 Å². The number of aromatic nitrogens is 2. The fourth-order valence-electron chi connectivity index (χ4n) is 3.37. The predicted octanol–water partition coefficient (Wildman–Crippen LogP) is 3.88. The van der Waals surface area contributed by atoms with Crippen LogP contribution in [0.3, 0.4) is 0 Å². The van der Waals surface area contributed by atoms with E-state index in [0.29, 0.717) is 18.9 Å². The maximum Gasteiger partial charge on any atom is 0.231 e. The van der Waals surface area contributed by atoms with Crippen LogP contribution in [0.2, 0.25) is 5.02 Å². The summed E-state index contributed by atoms with van der Waals surface area (Å²) in [6, 6.07) is 18.4. The first-order chi connectivity index (χ1) is 12.8. The van der Waals surface area contributed by atoms with Crippen molar-refractivity contribution in [1.29, 1.82) is 0 Å². The van der Waals surface area contributed by atoms with Gasteiger partial charge in [-0.1, -0.05) is 65.3 Å². The van der Waals surface area contributed by atoms with Crippen molar-refractivity contribution in [1.82, 2.24) is 20.4 Å². The lowest BCUT2D eigenvalue weighted by molar-refractivity contribution is 0.148. The number of benzene rings is 2. The molecule has 2 aromatic carbocycles. The van der Waals surface area contributed by atoms with E-state index >= 15 is 0 Å². The van der Waals surface area contributed by atoms with E-state index in [4.69, 9.17) is 16.1 Å². The van der Waals surface area contributed by atoms with Crippen molar-refractivity contribution in [3.05, 3.63) is 82.5 Å². The van der Waals surface area contributed by atoms with Crippen LogP contribution in [0.1, 0.15) is 28.9 Å². The summed E-state index contributed by atoms with van der Waals surface area (Å²) in [5.74, 6) is 1.37. The molecular formula is C20H22Cl2N4O. The summed E-state index contributed by atoms with van der Waals surface area (Å²) in [5.41, 5.74) is 2.30. The lowest BCUT2D eigenvalue weighted by Crippen LogP contribution is -2.45. The summed E-state index contributed by atoms with van der Waals surface area (Å²) in [4.78, 5) is 6.93. The summed E-state index contributed by atoms with van der Waals surface area (Å²) in [5, 5.41) is 8.42. The second-order valence-corrected chi connectivity index (χ2v) is 6.89. The molecule has 1 unspecified atom stereocenters. The molecule has 0 bridgehead atoms. The molecular weight excluding hydrogens is 383 g/mol. The van der Waals surface area contributed by atoms with Crippen LogP contribution in [-0.2, 0) is 13.0 Å². The SMILES string of the molecule is Cl.Clc1ccccc1C1CNCCN1Cc1noc(Cc2ccccc2)n1. The molecule has 27 heavy (non-hydrogen) atoms. The minimum Gasteiger partial charge on any atom is -0.339 e. The van der Waals surface area contributed by atoms with Gasteiger partial charge in [0, 0.05) is 30.7 Å². The number of rotatable bonds is 5. The van der Waals surface area contributed by atoms with Crippen LogP contribution in [0.4, 0.5) is 0 Å². The molecule has 3 aromatic rings. The number of hydrogen-bond donors (Lipinski definition) is 1. The summed E-state index contributed by atoms with van der Waals surface area (Å²) < 4.78 is 5.45. The van der Waals surface area contributed by atoms with Gasteiger partial charge >= 0.3 is 0 Å². The van der Waals surface area contributed by atoms with Crippen molar-refractivity contribution in [3.63, 3.8) is 0 Å². The maximum absolute atomic E-state index is 6.42. The zero-order valence-corrected chi connectivity index (χ0v) is 16.4. The number of nitrogens with one attached hydrogen (secondary N) is 1. The van der Waals surface area contributed by atoms with E-state index in [-0.39, 0.29) is 18.4 Å². The molecule has 0 aliphatic carbocycles. The smallest absolute Gasteiger partial charge is 0.231 e.